The summed E-state index contributed by atoms with van der Waals surface area (Å²) in [5.74, 6) is -1.59. The van der Waals surface area contributed by atoms with E-state index in [4.69, 9.17) is 4.74 Å². The van der Waals surface area contributed by atoms with Crippen LogP contribution in [-0.2, 0) is 9.53 Å². The first-order valence-electron chi connectivity index (χ1n) is 10.5. The number of anilines is 1. The van der Waals surface area contributed by atoms with Crippen molar-refractivity contribution in [3.63, 3.8) is 0 Å². The number of nitrogens with one attached hydrogen (secondary N) is 2. The first kappa shape index (κ1) is 22.1. The van der Waals surface area contributed by atoms with Crippen LogP contribution in [0.25, 0.3) is 0 Å². The molecule has 0 bridgehead atoms. The van der Waals surface area contributed by atoms with Gasteiger partial charge in [-0.25, -0.2) is 13.6 Å². The largest absolute Gasteiger partial charge is 0.444 e. The van der Waals surface area contributed by atoms with Gasteiger partial charge in [-0.05, 0) is 46.2 Å². The summed E-state index contributed by atoms with van der Waals surface area (Å²) in [6.45, 7) is 8.24. The highest BCUT2D eigenvalue weighted by atomic mass is 32.2. The second-order valence-electron chi connectivity index (χ2n) is 9.28. The van der Waals surface area contributed by atoms with Crippen LogP contribution in [0, 0.1) is 17.6 Å². The van der Waals surface area contributed by atoms with Crippen molar-refractivity contribution in [3.8, 4) is 0 Å². The summed E-state index contributed by atoms with van der Waals surface area (Å²) in [6, 6.07) is 2.32. The van der Waals surface area contributed by atoms with E-state index in [2.05, 4.69) is 15.5 Å². The lowest BCUT2D eigenvalue weighted by Crippen LogP contribution is -2.63. The van der Waals surface area contributed by atoms with Gasteiger partial charge in [0.15, 0.2) is 5.50 Å². The minimum absolute atomic E-state index is 0.105. The summed E-state index contributed by atoms with van der Waals surface area (Å²) in [6.07, 6.45) is 1.37. The molecule has 0 radical (unpaired) electrons. The number of likely N-dealkylation sites (tertiary alicyclic amines) is 2. The van der Waals surface area contributed by atoms with Crippen LogP contribution in [0.3, 0.4) is 0 Å². The van der Waals surface area contributed by atoms with Gasteiger partial charge >= 0.3 is 6.09 Å². The number of halogens is 2. The number of hydrogen-bond acceptors (Lipinski definition) is 6. The van der Waals surface area contributed by atoms with Gasteiger partial charge in [-0.2, -0.15) is 0 Å². The molecule has 0 aliphatic carbocycles. The predicted molar refractivity (Wildman–Crippen MR) is 114 cm³/mol. The SMILES string of the molecule is CC(C)(C)OC(=O)N1CC(N2CCCC(C(=O)NC3Nc4c(F)cc(F)cc4S3)C2)C1. The third-order valence-electron chi connectivity index (χ3n) is 5.67. The van der Waals surface area contributed by atoms with E-state index >= 15 is 0 Å². The maximum Gasteiger partial charge on any atom is 0.410 e. The molecular formula is C21H28F2N4O3S. The van der Waals surface area contributed by atoms with Crippen LogP contribution in [0.1, 0.15) is 33.6 Å². The Hall–Kier alpha value is -2.07. The highest BCUT2D eigenvalue weighted by molar-refractivity contribution is 8.00. The number of benzene rings is 1. The Balaban J connectivity index is 1.26. The van der Waals surface area contributed by atoms with E-state index < -0.39 is 22.7 Å². The average molecular weight is 455 g/mol. The van der Waals surface area contributed by atoms with Gasteiger partial charge in [-0.15, -0.1) is 0 Å². The van der Waals surface area contributed by atoms with Crippen molar-refractivity contribution in [3.05, 3.63) is 23.8 Å². The topological polar surface area (TPSA) is 73.9 Å². The summed E-state index contributed by atoms with van der Waals surface area (Å²) in [4.78, 5) is 29.3. The fraction of sp³-hybridized carbons (Fsp3) is 0.619. The molecule has 7 nitrogen and oxygen atoms in total. The number of amides is 2. The molecule has 1 aromatic carbocycles. The molecule has 2 saturated heterocycles. The predicted octanol–water partition coefficient (Wildman–Crippen LogP) is 3.21. The molecule has 10 heteroatoms. The maximum absolute atomic E-state index is 13.9. The number of thioether (sulfide) groups is 1. The van der Waals surface area contributed by atoms with Crippen LogP contribution in [0.15, 0.2) is 17.0 Å². The van der Waals surface area contributed by atoms with E-state index in [0.717, 1.165) is 25.5 Å². The van der Waals surface area contributed by atoms with E-state index in [1.165, 1.54) is 17.8 Å². The zero-order valence-corrected chi connectivity index (χ0v) is 18.7. The second kappa shape index (κ2) is 8.46. The molecule has 2 unspecified atom stereocenters. The van der Waals surface area contributed by atoms with Crippen LogP contribution in [-0.4, -0.2) is 65.1 Å². The first-order chi connectivity index (χ1) is 14.6. The van der Waals surface area contributed by atoms with Gasteiger partial charge in [-0.1, -0.05) is 11.8 Å². The monoisotopic (exact) mass is 454 g/mol. The summed E-state index contributed by atoms with van der Waals surface area (Å²) in [7, 11) is 0. The lowest BCUT2D eigenvalue weighted by Gasteiger charge is -2.47. The van der Waals surface area contributed by atoms with Crippen molar-refractivity contribution in [1.29, 1.82) is 0 Å². The van der Waals surface area contributed by atoms with Crippen molar-refractivity contribution >= 4 is 29.4 Å². The van der Waals surface area contributed by atoms with Crippen LogP contribution in [0.5, 0.6) is 0 Å². The van der Waals surface area contributed by atoms with Crippen molar-refractivity contribution in [2.75, 3.05) is 31.5 Å². The standard InChI is InChI=1S/C21H28F2N4O3S/c1-21(2,3)30-20(29)27-10-14(11-27)26-6-4-5-12(9-26)18(28)25-19-24-17-15(23)7-13(22)8-16(17)31-19/h7-8,12,14,19,24H,4-6,9-11H2,1-3H3,(H,25,28). The van der Waals surface area contributed by atoms with E-state index in [0.29, 0.717) is 24.5 Å². The van der Waals surface area contributed by atoms with Crippen molar-refractivity contribution in [2.45, 2.75) is 55.6 Å². The summed E-state index contributed by atoms with van der Waals surface area (Å²) in [5, 5.41) is 5.81. The molecule has 0 saturated carbocycles. The number of ether oxygens (including phenoxy) is 1. The van der Waals surface area contributed by atoms with Gasteiger partial charge in [0.25, 0.3) is 0 Å². The van der Waals surface area contributed by atoms with Crippen LogP contribution in [0.2, 0.25) is 0 Å². The lowest BCUT2D eigenvalue weighted by molar-refractivity contribution is -0.127. The highest BCUT2D eigenvalue weighted by Gasteiger charge is 2.40. The van der Waals surface area contributed by atoms with Crippen molar-refractivity contribution < 1.29 is 23.1 Å². The Labute approximate surface area is 184 Å². The Bertz CT molecular complexity index is 873. The molecular weight excluding hydrogens is 426 g/mol. The smallest absolute Gasteiger partial charge is 0.410 e. The number of hydrogen-bond donors (Lipinski definition) is 2. The van der Waals surface area contributed by atoms with Crippen LogP contribution in [0.4, 0.5) is 19.3 Å². The van der Waals surface area contributed by atoms with Gasteiger partial charge in [0.05, 0.1) is 11.6 Å². The molecule has 0 spiro atoms. The quantitative estimate of drug-likeness (QED) is 0.731. The minimum atomic E-state index is -0.664. The average Bonchev–Trinajstić information content (AvgIpc) is 3.01. The number of fused-ring (bicyclic) bond motifs is 1. The van der Waals surface area contributed by atoms with E-state index in [1.807, 2.05) is 20.8 Å². The molecule has 3 aliphatic rings. The molecule has 2 amide bonds. The number of carbonyl (C=O) groups excluding carboxylic acids is 2. The minimum Gasteiger partial charge on any atom is -0.444 e. The van der Waals surface area contributed by atoms with E-state index in [-0.39, 0.29) is 29.6 Å². The molecule has 4 rings (SSSR count). The molecule has 1 aromatic rings. The first-order valence-corrected chi connectivity index (χ1v) is 11.4. The lowest BCUT2D eigenvalue weighted by atomic mass is 9.94. The Morgan fingerprint density at radius 1 is 1.23 bits per heavy atom. The Morgan fingerprint density at radius 2 is 1.97 bits per heavy atom. The van der Waals surface area contributed by atoms with E-state index in [9.17, 15) is 18.4 Å². The molecule has 2 fully saturated rings. The number of piperidine rings is 1. The Morgan fingerprint density at radius 3 is 2.68 bits per heavy atom. The van der Waals surface area contributed by atoms with Gasteiger partial charge in [0, 0.05) is 36.6 Å². The zero-order valence-electron chi connectivity index (χ0n) is 17.9. The summed E-state index contributed by atoms with van der Waals surface area (Å²) >= 11 is 1.19. The zero-order chi connectivity index (χ0) is 22.3. The normalized spacial score (nSPS) is 24.2. The van der Waals surface area contributed by atoms with Crippen molar-refractivity contribution in [1.82, 2.24) is 15.1 Å². The third kappa shape index (κ3) is 5.06. The Kier molecular flexibility index (Phi) is 6.04. The fourth-order valence-electron chi connectivity index (χ4n) is 4.10. The molecule has 2 atom stereocenters. The van der Waals surface area contributed by atoms with Gasteiger partial charge < -0.3 is 20.3 Å². The van der Waals surface area contributed by atoms with Crippen LogP contribution < -0.4 is 10.6 Å². The van der Waals surface area contributed by atoms with Crippen molar-refractivity contribution in [2.24, 2.45) is 5.92 Å². The number of rotatable bonds is 3. The molecule has 3 aliphatic heterocycles. The number of nitrogens with zero attached hydrogens (tertiary/aromatic N) is 2. The van der Waals surface area contributed by atoms with Gasteiger partial charge in [0.2, 0.25) is 5.91 Å². The molecule has 2 N–H and O–H groups in total. The van der Waals surface area contributed by atoms with Gasteiger partial charge in [-0.3, -0.25) is 9.69 Å². The van der Waals surface area contributed by atoms with E-state index in [1.54, 1.807) is 4.90 Å². The van der Waals surface area contributed by atoms with Gasteiger partial charge in [0.1, 0.15) is 17.2 Å². The molecule has 0 aromatic heterocycles. The summed E-state index contributed by atoms with van der Waals surface area (Å²) in [5.41, 5.74) is -0.823. The highest BCUT2D eigenvalue weighted by Crippen LogP contribution is 2.39. The molecule has 31 heavy (non-hydrogen) atoms. The fourth-order valence-corrected chi connectivity index (χ4v) is 5.16. The second-order valence-corrected chi connectivity index (χ2v) is 10.4. The van der Waals surface area contributed by atoms with Crippen LogP contribution >= 0.6 is 11.8 Å². The molecule has 170 valence electrons. The maximum atomic E-state index is 13.9. The molecule has 3 heterocycles. The number of carbonyl (C=O) groups is 2. The third-order valence-corrected chi connectivity index (χ3v) is 6.71. The summed E-state index contributed by atoms with van der Waals surface area (Å²) < 4.78 is 32.7.